The average Bonchev–Trinajstić information content (AvgIpc) is 3.00. The van der Waals surface area contributed by atoms with Gasteiger partial charge in [-0.1, -0.05) is 64.0 Å². The molecule has 0 aliphatic carbocycles. The Labute approximate surface area is 143 Å². The van der Waals surface area contributed by atoms with Gasteiger partial charge in [-0.05, 0) is 39.0 Å². The van der Waals surface area contributed by atoms with E-state index in [0.29, 0.717) is 0 Å². The second kappa shape index (κ2) is 13.7. The highest BCUT2D eigenvalue weighted by atomic mass is 16.3. The van der Waals surface area contributed by atoms with Crippen molar-refractivity contribution in [1.29, 1.82) is 0 Å². The van der Waals surface area contributed by atoms with Crippen molar-refractivity contribution in [3.8, 4) is 0 Å². The Morgan fingerprint density at radius 2 is 1.65 bits per heavy atom. The van der Waals surface area contributed by atoms with E-state index >= 15 is 0 Å². The predicted octanol–water partition coefficient (Wildman–Crippen LogP) is 5.29. The molecule has 1 N–H and O–H groups in total. The summed E-state index contributed by atoms with van der Waals surface area (Å²) in [6.45, 7) is 4.89. The molecule has 0 bridgehead atoms. The lowest BCUT2D eigenvalue weighted by Crippen LogP contribution is -2.37. The number of aliphatic hydroxyl groups is 1. The summed E-state index contributed by atoms with van der Waals surface area (Å²) in [6.07, 6.45) is 22.1. The molecular formula is C20H38N2O. The van der Waals surface area contributed by atoms with Crippen LogP contribution in [0.5, 0.6) is 0 Å². The summed E-state index contributed by atoms with van der Waals surface area (Å²) in [5.41, 5.74) is 0. The summed E-state index contributed by atoms with van der Waals surface area (Å²) in [6, 6.07) is 0. The molecule has 0 amide bonds. The maximum absolute atomic E-state index is 9.66. The Morgan fingerprint density at radius 1 is 1.04 bits per heavy atom. The molecule has 1 rings (SSSR count). The molecule has 1 aliphatic heterocycles. The summed E-state index contributed by atoms with van der Waals surface area (Å²) in [5, 5.41) is 9.66. The minimum atomic E-state index is -0.389. The Bertz CT molecular complexity index is 326. The maximum atomic E-state index is 9.66. The predicted molar refractivity (Wildman–Crippen MR) is 101 cm³/mol. The number of aliphatic imine (C=N–C) groups is 1. The Hall–Kier alpha value is -0.670. The molecule has 3 nitrogen and oxygen atoms in total. The summed E-state index contributed by atoms with van der Waals surface area (Å²) in [4.78, 5) is 6.50. The quantitative estimate of drug-likeness (QED) is 0.348. The zero-order valence-corrected chi connectivity index (χ0v) is 15.4. The van der Waals surface area contributed by atoms with Crippen LogP contribution in [0.2, 0.25) is 0 Å². The van der Waals surface area contributed by atoms with Crippen molar-refractivity contribution in [2.45, 2.75) is 103 Å². The van der Waals surface area contributed by atoms with E-state index in [1.54, 1.807) is 0 Å². The molecule has 134 valence electrons. The summed E-state index contributed by atoms with van der Waals surface area (Å²) in [7, 11) is 0. The number of hydrogen-bond donors (Lipinski definition) is 1. The Kier molecular flexibility index (Phi) is 12.2. The first-order valence-electron chi connectivity index (χ1n) is 9.86. The summed E-state index contributed by atoms with van der Waals surface area (Å²) < 4.78 is 0. The highest BCUT2D eigenvalue weighted by molar-refractivity contribution is 5.62. The van der Waals surface area contributed by atoms with E-state index in [0.717, 1.165) is 25.8 Å². The van der Waals surface area contributed by atoms with E-state index in [1.807, 2.05) is 18.0 Å². The molecule has 0 spiro atoms. The third-order valence-electron chi connectivity index (χ3n) is 4.66. The van der Waals surface area contributed by atoms with Crippen LogP contribution in [0.4, 0.5) is 0 Å². The van der Waals surface area contributed by atoms with Gasteiger partial charge < -0.3 is 5.11 Å². The lowest BCUT2D eigenvalue weighted by Gasteiger charge is -2.25. The first kappa shape index (κ1) is 20.4. The number of unbranched alkanes of at least 4 members (excludes halogenated alkanes) is 9. The van der Waals surface area contributed by atoms with E-state index < -0.39 is 0 Å². The van der Waals surface area contributed by atoms with Crippen molar-refractivity contribution in [3.05, 3.63) is 12.2 Å². The Morgan fingerprint density at radius 3 is 2.30 bits per heavy atom. The molecule has 2 unspecified atom stereocenters. The van der Waals surface area contributed by atoms with E-state index in [4.69, 9.17) is 0 Å². The van der Waals surface area contributed by atoms with Gasteiger partial charge in [-0.15, -0.1) is 0 Å². The highest BCUT2D eigenvalue weighted by Crippen LogP contribution is 2.16. The first-order chi connectivity index (χ1) is 11.3. The van der Waals surface area contributed by atoms with Gasteiger partial charge in [0, 0.05) is 12.8 Å². The fourth-order valence-electron chi connectivity index (χ4n) is 3.16. The number of aliphatic hydroxyl groups excluding tert-OH is 1. The van der Waals surface area contributed by atoms with Gasteiger partial charge >= 0.3 is 0 Å². The van der Waals surface area contributed by atoms with E-state index in [2.05, 4.69) is 24.1 Å². The van der Waals surface area contributed by atoms with Crippen molar-refractivity contribution in [2.75, 3.05) is 6.54 Å². The zero-order chi connectivity index (χ0) is 16.8. The molecule has 0 saturated carbocycles. The molecule has 0 aromatic heterocycles. The molecule has 3 heteroatoms. The van der Waals surface area contributed by atoms with Crippen LogP contribution in [0.15, 0.2) is 17.1 Å². The zero-order valence-electron chi connectivity index (χ0n) is 15.4. The van der Waals surface area contributed by atoms with Crippen molar-refractivity contribution in [2.24, 2.45) is 4.99 Å². The van der Waals surface area contributed by atoms with Crippen molar-refractivity contribution < 1.29 is 5.11 Å². The lowest BCUT2D eigenvalue weighted by molar-refractivity contribution is 0.00732. The summed E-state index contributed by atoms with van der Waals surface area (Å²) >= 11 is 0. The second-order valence-corrected chi connectivity index (χ2v) is 6.81. The van der Waals surface area contributed by atoms with Crippen molar-refractivity contribution >= 4 is 6.21 Å². The van der Waals surface area contributed by atoms with Crippen LogP contribution in [0.3, 0.4) is 0 Å². The van der Waals surface area contributed by atoms with Gasteiger partial charge in [-0.2, -0.15) is 0 Å². The smallest absolute Gasteiger partial charge is 0.106 e. The molecule has 0 fully saturated rings. The fourth-order valence-corrected chi connectivity index (χ4v) is 3.16. The minimum Gasteiger partial charge on any atom is -0.379 e. The van der Waals surface area contributed by atoms with Gasteiger partial charge in [0.05, 0.1) is 0 Å². The molecule has 0 saturated heterocycles. The van der Waals surface area contributed by atoms with Crippen LogP contribution in [0.25, 0.3) is 0 Å². The minimum absolute atomic E-state index is 0.191. The third kappa shape index (κ3) is 9.93. The van der Waals surface area contributed by atoms with E-state index in [9.17, 15) is 5.11 Å². The molecule has 0 aromatic rings. The fraction of sp³-hybridized carbons (Fsp3) is 0.850. The van der Waals surface area contributed by atoms with Crippen LogP contribution in [-0.2, 0) is 0 Å². The van der Waals surface area contributed by atoms with Crippen LogP contribution in [0, 0.1) is 0 Å². The van der Waals surface area contributed by atoms with Gasteiger partial charge in [-0.3, -0.25) is 9.89 Å². The number of rotatable bonds is 14. The van der Waals surface area contributed by atoms with Crippen LogP contribution >= 0.6 is 0 Å². The van der Waals surface area contributed by atoms with Crippen LogP contribution in [0.1, 0.15) is 90.9 Å². The molecule has 0 radical (unpaired) electrons. The van der Waals surface area contributed by atoms with E-state index in [1.165, 1.54) is 57.8 Å². The SMILES string of the molecule is CCCCCCCCCC/C=C/CCCC1N=CCN1C(C)O. The van der Waals surface area contributed by atoms with Crippen LogP contribution < -0.4 is 0 Å². The largest absolute Gasteiger partial charge is 0.379 e. The molecular weight excluding hydrogens is 284 g/mol. The first-order valence-corrected chi connectivity index (χ1v) is 9.86. The van der Waals surface area contributed by atoms with Crippen LogP contribution in [-0.4, -0.2) is 35.2 Å². The normalized spacial score (nSPS) is 19.9. The Balaban J connectivity index is 1.88. The topological polar surface area (TPSA) is 35.8 Å². The van der Waals surface area contributed by atoms with Gasteiger partial charge in [0.25, 0.3) is 0 Å². The second-order valence-electron chi connectivity index (χ2n) is 6.81. The average molecular weight is 323 g/mol. The number of allylic oxidation sites excluding steroid dienone is 2. The lowest BCUT2D eigenvalue weighted by atomic mass is 10.1. The molecule has 1 aliphatic rings. The molecule has 23 heavy (non-hydrogen) atoms. The third-order valence-corrected chi connectivity index (χ3v) is 4.66. The standard InChI is InChI=1S/C20H38N2O/c1-3-4-5-6-7-8-9-10-11-12-13-14-15-16-20-21-17-18-22(20)19(2)23/h12-13,17,19-20,23H,3-11,14-16,18H2,1-2H3/b13-12+. The summed E-state index contributed by atoms with van der Waals surface area (Å²) in [5.74, 6) is 0. The van der Waals surface area contributed by atoms with Gasteiger partial charge in [0.2, 0.25) is 0 Å². The van der Waals surface area contributed by atoms with Gasteiger partial charge in [0.1, 0.15) is 12.4 Å². The number of hydrogen-bond acceptors (Lipinski definition) is 3. The van der Waals surface area contributed by atoms with E-state index in [-0.39, 0.29) is 12.4 Å². The van der Waals surface area contributed by atoms with Gasteiger partial charge in [0.15, 0.2) is 0 Å². The molecule has 0 aromatic carbocycles. The monoisotopic (exact) mass is 322 g/mol. The maximum Gasteiger partial charge on any atom is 0.106 e. The molecule has 1 heterocycles. The highest BCUT2D eigenvalue weighted by Gasteiger charge is 2.23. The van der Waals surface area contributed by atoms with Crippen molar-refractivity contribution in [3.63, 3.8) is 0 Å². The van der Waals surface area contributed by atoms with Gasteiger partial charge in [-0.25, -0.2) is 0 Å². The number of nitrogens with zero attached hydrogens (tertiary/aromatic N) is 2. The molecule has 2 atom stereocenters. The van der Waals surface area contributed by atoms with Crippen molar-refractivity contribution in [1.82, 2.24) is 4.90 Å².